The van der Waals surface area contributed by atoms with Gasteiger partial charge in [0, 0.05) is 6.04 Å². The Labute approximate surface area is 150 Å². The predicted octanol–water partition coefficient (Wildman–Crippen LogP) is 3.77. The number of nitrogens with one attached hydrogen (secondary N) is 1. The molecule has 25 heavy (non-hydrogen) atoms. The summed E-state index contributed by atoms with van der Waals surface area (Å²) in [5.41, 5.74) is 1.29. The average Bonchev–Trinajstić information content (AvgIpc) is 2.61. The fourth-order valence-electron chi connectivity index (χ4n) is 2.25. The molecule has 0 unspecified atom stereocenters. The molecule has 0 aliphatic heterocycles. The van der Waals surface area contributed by atoms with Crippen LogP contribution in [-0.4, -0.2) is 24.5 Å². The van der Waals surface area contributed by atoms with E-state index in [9.17, 15) is 14.0 Å². The van der Waals surface area contributed by atoms with Gasteiger partial charge in [0.25, 0.3) is 5.91 Å². The first-order valence-corrected chi connectivity index (χ1v) is 8.29. The molecule has 0 bridgehead atoms. The van der Waals surface area contributed by atoms with Gasteiger partial charge in [0.2, 0.25) is 0 Å². The molecule has 132 valence electrons. The number of carbonyl (C=O) groups is 2. The summed E-state index contributed by atoms with van der Waals surface area (Å²) in [6, 6.07) is 13.4. The van der Waals surface area contributed by atoms with Crippen LogP contribution in [-0.2, 0) is 16.0 Å². The maximum Gasteiger partial charge on any atom is 0.338 e. The fraction of sp³-hybridized carbons (Fsp3) is 0.263. The summed E-state index contributed by atoms with van der Waals surface area (Å²) >= 11 is 5.61. The molecule has 2 rings (SSSR count). The number of amides is 1. The van der Waals surface area contributed by atoms with Gasteiger partial charge in [-0.2, -0.15) is 0 Å². The van der Waals surface area contributed by atoms with Gasteiger partial charge in [0.1, 0.15) is 5.82 Å². The van der Waals surface area contributed by atoms with Crippen LogP contribution in [0, 0.1) is 5.82 Å². The molecule has 0 aromatic heterocycles. The van der Waals surface area contributed by atoms with E-state index >= 15 is 0 Å². The van der Waals surface area contributed by atoms with Gasteiger partial charge in [0.15, 0.2) is 6.61 Å². The zero-order valence-corrected chi connectivity index (χ0v) is 14.6. The molecular weight excluding hydrogens is 345 g/mol. The largest absolute Gasteiger partial charge is 0.452 e. The average molecular weight is 364 g/mol. The molecule has 6 heteroatoms. The van der Waals surface area contributed by atoms with Gasteiger partial charge >= 0.3 is 5.97 Å². The van der Waals surface area contributed by atoms with Crippen molar-refractivity contribution in [3.63, 3.8) is 0 Å². The molecule has 0 spiro atoms. The van der Waals surface area contributed by atoms with E-state index in [4.69, 9.17) is 16.3 Å². The van der Waals surface area contributed by atoms with Crippen LogP contribution in [0.2, 0.25) is 5.02 Å². The summed E-state index contributed by atoms with van der Waals surface area (Å²) in [5.74, 6) is -1.74. The summed E-state index contributed by atoms with van der Waals surface area (Å²) in [5, 5.41) is 2.60. The number of hydrogen-bond donors (Lipinski definition) is 1. The highest BCUT2D eigenvalue weighted by atomic mass is 35.5. The number of aryl methyl sites for hydroxylation is 1. The zero-order chi connectivity index (χ0) is 18.2. The van der Waals surface area contributed by atoms with Gasteiger partial charge in [-0.1, -0.05) is 41.9 Å². The topological polar surface area (TPSA) is 55.4 Å². The Kier molecular flexibility index (Phi) is 6.95. The molecule has 1 atom stereocenters. The molecule has 0 radical (unpaired) electrons. The Morgan fingerprint density at radius 3 is 2.60 bits per heavy atom. The Hall–Kier alpha value is -2.40. The number of esters is 1. The van der Waals surface area contributed by atoms with E-state index in [0.717, 1.165) is 18.9 Å². The maximum absolute atomic E-state index is 13.1. The van der Waals surface area contributed by atoms with E-state index in [-0.39, 0.29) is 22.5 Å². The van der Waals surface area contributed by atoms with Crippen LogP contribution in [0.3, 0.4) is 0 Å². The maximum atomic E-state index is 13.1. The molecule has 2 aromatic rings. The first kappa shape index (κ1) is 18.9. The highest BCUT2D eigenvalue weighted by molar-refractivity contribution is 6.31. The Balaban J connectivity index is 1.74. The molecule has 0 fully saturated rings. The van der Waals surface area contributed by atoms with Crippen molar-refractivity contribution in [3.8, 4) is 0 Å². The van der Waals surface area contributed by atoms with Crippen molar-refractivity contribution in [2.45, 2.75) is 25.8 Å². The van der Waals surface area contributed by atoms with Crippen molar-refractivity contribution < 1.29 is 18.7 Å². The van der Waals surface area contributed by atoms with E-state index in [0.29, 0.717) is 0 Å². The molecular formula is C19H19ClFNO3. The molecule has 0 saturated heterocycles. The van der Waals surface area contributed by atoms with Crippen LogP contribution in [0.25, 0.3) is 0 Å². The second kappa shape index (κ2) is 9.18. The summed E-state index contributed by atoms with van der Waals surface area (Å²) in [6.45, 7) is 1.49. The quantitative estimate of drug-likeness (QED) is 0.762. The third-order valence-electron chi connectivity index (χ3n) is 3.61. The van der Waals surface area contributed by atoms with Gasteiger partial charge in [-0.15, -0.1) is 0 Å². The SMILES string of the molecule is C[C@@H](CCc1ccccc1)NC(=O)COC(=O)c1ccc(F)c(Cl)c1. The number of ether oxygens (including phenoxy) is 1. The number of benzene rings is 2. The zero-order valence-electron chi connectivity index (χ0n) is 13.8. The highest BCUT2D eigenvalue weighted by Crippen LogP contribution is 2.16. The molecule has 4 nitrogen and oxygen atoms in total. The van der Waals surface area contributed by atoms with Crippen LogP contribution in [0.1, 0.15) is 29.3 Å². The van der Waals surface area contributed by atoms with Crippen molar-refractivity contribution in [3.05, 3.63) is 70.5 Å². The predicted molar refractivity (Wildman–Crippen MR) is 94.1 cm³/mol. The monoisotopic (exact) mass is 363 g/mol. The van der Waals surface area contributed by atoms with Crippen molar-refractivity contribution in [1.29, 1.82) is 0 Å². The third kappa shape index (κ3) is 6.19. The summed E-state index contributed by atoms with van der Waals surface area (Å²) in [7, 11) is 0. The van der Waals surface area contributed by atoms with Crippen molar-refractivity contribution in [1.82, 2.24) is 5.32 Å². The normalized spacial score (nSPS) is 11.6. The van der Waals surface area contributed by atoms with E-state index < -0.39 is 18.4 Å². The molecule has 0 saturated carbocycles. The van der Waals surface area contributed by atoms with Crippen LogP contribution in [0.4, 0.5) is 4.39 Å². The number of carbonyl (C=O) groups excluding carboxylic acids is 2. The highest BCUT2D eigenvalue weighted by Gasteiger charge is 2.13. The lowest BCUT2D eigenvalue weighted by atomic mass is 10.1. The number of halogens is 2. The minimum absolute atomic E-state index is 0.0494. The second-order valence-corrected chi connectivity index (χ2v) is 6.11. The fourth-order valence-corrected chi connectivity index (χ4v) is 2.43. The lowest BCUT2D eigenvalue weighted by Gasteiger charge is -2.14. The van der Waals surface area contributed by atoms with Gasteiger partial charge in [0.05, 0.1) is 10.6 Å². The Morgan fingerprint density at radius 2 is 1.92 bits per heavy atom. The number of rotatable bonds is 7. The molecule has 0 heterocycles. The van der Waals surface area contributed by atoms with Gasteiger partial charge in [-0.05, 0) is 43.5 Å². The van der Waals surface area contributed by atoms with Gasteiger partial charge in [-0.3, -0.25) is 4.79 Å². The molecule has 0 aliphatic rings. The standard InChI is InChI=1S/C19H19ClFNO3/c1-13(7-8-14-5-3-2-4-6-14)22-18(23)12-25-19(24)15-9-10-17(21)16(20)11-15/h2-6,9-11,13H,7-8,12H2,1H3,(H,22,23)/t13-/m0/s1. The van der Waals surface area contributed by atoms with Crippen LogP contribution in [0.5, 0.6) is 0 Å². The lowest BCUT2D eigenvalue weighted by Crippen LogP contribution is -2.36. The number of hydrogen-bond acceptors (Lipinski definition) is 3. The van der Waals surface area contributed by atoms with Crippen molar-refractivity contribution >= 4 is 23.5 Å². The first-order chi connectivity index (χ1) is 12.0. The van der Waals surface area contributed by atoms with Crippen molar-refractivity contribution in [2.24, 2.45) is 0 Å². The van der Waals surface area contributed by atoms with Gasteiger partial charge < -0.3 is 10.1 Å². The molecule has 2 aromatic carbocycles. The van der Waals surface area contributed by atoms with Crippen molar-refractivity contribution in [2.75, 3.05) is 6.61 Å². The van der Waals surface area contributed by atoms with E-state index in [1.165, 1.54) is 17.7 Å². The molecule has 0 aliphatic carbocycles. The smallest absolute Gasteiger partial charge is 0.338 e. The van der Waals surface area contributed by atoms with E-state index in [1.54, 1.807) is 0 Å². The lowest BCUT2D eigenvalue weighted by molar-refractivity contribution is -0.124. The first-order valence-electron chi connectivity index (χ1n) is 7.91. The minimum Gasteiger partial charge on any atom is -0.452 e. The summed E-state index contributed by atoms with van der Waals surface area (Å²) in [6.07, 6.45) is 1.62. The summed E-state index contributed by atoms with van der Waals surface area (Å²) < 4.78 is 18.0. The second-order valence-electron chi connectivity index (χ2n) is 5.70. The van der Waals surface area contributed by atoms with E-state index in [2.05, 4.69) is 5.32 Å². The van der Waals surface area contributed by atoms with Crippen LogP contribution >= 0.6 is 11.6 Å². The van der Waals surface area contributed by atoms with Gasteiger partial charge in [-0.25, -0.2) is 9.18 Å². The summed E-state index contributed by atoms with van der Waals surface area (Å²) in [4.78, 5) is 23.7. The van der Waals surface area contributed by atoms with Crippen LogP contribution in [0.15, 0.2) is 48.5 Å². The molecule has 1 amide bonds. The molecule has 1 N–H and O–H groups in total. The Bertz CT molecular complexity index is 737. The van der Waals surface area contributed by atoms with Crippen LogP contribution < -0.4 is 5.32 Å². The minimum atomic E-state index is -0.728. The third-order valence-corrected chi connectivity index (χ3v) is 3.90. The van der Waals surface area contributed by atoms with E-state index in [1.807, 2.05) is 37.3 Å². The Morgan fingerprint density at radius 1 is 1.20 bits per heavy atom.